The largest absolute Gasteiger partial charge is 0.508 e. The van der Waals surface area contributed by atoms with Crippen molar-refractivity contribution in [1.29, 1.82) is 0 Å². The number of nitrogens with one attached hydrogen (secondary N) is 1. The highest BCUT2D eigenvalue weighted by Gasteiger charge is 2.07. The molecular weight excluding hydrogens is 258 g/mol. The third-order valence-corrected chi connectivity index (χ3v) is 3.45. The predicted octanol–water partition coefficient (Wildman–Crippen LogP) is 4.20. The van der Waals surface area contributed by atoms with E-state index in [0.29, 0.717) is 11.6 Å². The molecule has 0 spiro atoms. The number of benzene rings is 2. The minimum atomic E-state index is 0.221. The number of hydrogen-bond donors (Lipinski definition) is 2. The van der Waals surface area contributed by atoms with Gasteiger partial charge in [0, 0.05) is 23.2 Å². The lowest BCUT2D eigenvalue weighted by molar-refractivity contribution is 0.460. The number of aryl methyl sites for hydroxylation is 1. The van der Waals surface area contributed by atoms with Crippen molar-refractivity contribution < 1.29 is 5.11 Å². The van der Waals surface area contributed by atoms with Crippen LogP contribution in [0.4, 0.5) is 0 Å². The Kier molecular flexibility index (Phi) is 4.46. The molecule has 2 aromatic rings. The molecule has 0 heterocycles. The molecule has 0 aliphatic rings. The summed E-state index contributed by atoms with van der Waals surface area (Å²) in [6.07, 6.45) is 0. The van der Waals surface area contributed by atoms with E-state index in [1.807, 2.05) is 0 Å². The Balaban J connectivity index is 2.02. The highest BCUT2D eigenvalue weighted by Crippen LogP contribution is 2.22. The summed E-state index contributed by atoms with van der Waals surface area (Å²) < 4.78 is 0. The van der Waals surface area contributed by atoms with Gasteiger partial charge in [0.2, 0.25) is 0 Å². The van der Waals surface area contributed by atoms with Gasteiger partial charge in [-0.05, 0) is 37.6 Å². The summed E-state index contributed by atoms with van der Waals surface area (Å²) >= 11 is 5.93. The Bertz CT molecular complexity index is 551. The molecule has 0 bridgehead atoms. The lowest BCUT2D eigenvalue weighted by atomic mass is 10.1. The molecule has 0 saturated carbocycles. The van der Waals surface area contributed by atoms with Crippen molar-refractivity contribution in [3.05, 3.63) is 64.2 Å². The summed E-state index contributed by atoms with van der Waals surface area (Å²) in [7, 11) is 0. The first-order valence-electron chi connectivity index (χ1n) is 6.33. The van der Waals surface area contributed by atoms with Gasteiger partial charge in [-0.25, -0.2) is 0 Å². The van der Waals surface area contributed by atoms with Crippen molar-refractivity contribution in [2.45, 2.75) is 26.4 Å². The topological polar surface area (TPSA) is 32.3 Å². The summed E-state index contributed by atoms with van der Waals surface area (Å²) in [5.41, 5.74) is 3.29. The molecule has 0 amide bonds. The number of halogens is 1. The van der Waals surface area contributed by atoms with E-state index in [9.17, 15) is 5.11 Å². The molecule has 0 saturated heterocycles. The van der Waals surface area contributed by atoms with Crippen LogP contribution in [0.15, 0.2) is 42.5 Å². The zero-order valence-corrected chi connectivity index (χ0v) is 11.9. The molecular formula is C16H18ClNO. The SMILES string of the molecule is Cc1ccc(C(C)NCc2cc(Cl)ccc2O)cc1. The van der Waals surface area contributed by atoms with Gasteiger partial charge in [0.1, 0.15) is 5.75 Å². The summed E-state index contributed by atoms with van der Waals surface area (Å²) in [5.74, 6) is 0.271. The van der Waals surface area contributed by atoms with E-state index in [1.54, 1.807) is 18.2 Å². The Morgan fingerprint density at radius 2 is 1.84 bits per heavy atom. The molecule has 100 valence electrons. The van der Waals surface area contributed by atoms with Crippen molar-refractivity contribution in [1.82, 2.24) is 5.32 Å². The van der Waals surface area contributed by atoms with Crippen LogP contribution in [0.2, 0.25) is 5.02 Å². The van der Waals surface area contributed by atoms with Crippen LogP contribution in [-0.2, 0) is 6.54 Å². The van der Waals surface area contributed by atoms with Crippen LogP contribution >= 0.6 is 11.6 Å². The molecule has 19 heavy (non-hydrogen) atoms. The van der Waals surface area contributed by atoms with Crippen LogP contribution in [0.5, 0.6) is 5.75 Å². The fourth-order valence-electron chi connectivity index (χ4n) is 1.93. The average molecular weight is 276 g/mol. The second kappa shape index (κ2) is 6.09. The van der Waals surface area contributed by atoms with Gasteiger partial charge in [0.05, 0.1) is 0 Å². The first-order valence-corrected chi connectivity index (χ1v) is 6.71. The van der Waals surface area contributed by atoms with Crippen molar-refractivity contribution >= 4 is 11.6 Å². The molecule has 0 aliphatic carbocycles. The third-order valence-electron chi connectivity index (χ3n) is 3.22. The minimum absolute atomic E-state index is 0.221. The first-order chi connectivity index (χ1) is 9.06. The van der Waals surface area contributed by atoms with Gasteiger partial charge in [-0.1, -0.05) is 41.4 Å². The van der Waals surface area contributed by atoms with Crippen LogP contribution in [0.1, 0.15) is 29.7 Å². The maximum Gasteiger partial charge on any atom is 0.120 e. The normalized spacial score (nSPS) is 12.4. The van der Waals surface area contributed by atoms with Crippen molar-refractivity contribution in [2.75, 3.05) is 0 Å². The smallest absolute Gasteiger partial charge is 0.120 e. The van der Waals surface area contributed by atoms with Gasteiger partial charge in [0.25, 0.3) is 0 Å². The monoisotopic (exact) mass is 275 g/mol. The molecule has 2 nitrogen and oxygen atoms in total. The Hall–Kier alpha value is -1.51. The summed E-state index contributed by atoms with van der Waals surface area (Å²) in [4.78, 5) is 0. The molecule has 1 atom stereocenters. The lowest BCUT2D eigenvalue weighted by Gasteiger charge is -2.15. The fourth-order valence-corrected chi connectivity index (χ4v) is 2.13. The first kappa shape index (κ1) is 13.9. The Morgan fingerprint density at radius 3 is 2.53 bits per heavy atom. The fraction of sp³-hybridized carbons (Fsp3) is 0.250. The zero-order chi connectivity index (χ0) is 13.8. The van der Waals surface area contributed by atoms with E-state index in [2.05, 4.69) is 43.4 Å². The predicted molar refractivity (Wildman–Crippen MR) is 79.6 cm³/mol. The highest BCUT2D eigenvalue weighted by atomic mass is 35.5. The summed E-state index contributed by atoms with van der Waals surface area (Å²) in [5, 5.41) is 13.8. The summed E-state index contributed by atoms with van der Waals surface area (Å²) in [6, 6.07) is 13.7. The molecule has 1 unspecified atom stereocenters. The van der Waals surface area contributed by atoms with Gasteiger partial charge in [-0.2, -0.15) is 0 Å². The number of rotatable bonds is 4. The zero-order valence-electron chi connectivity index (χ0n) is 11.2. The maximum absolute atomic E-state index is 9.76. The van der Waals surface area contributed by atoms with Gasteiger partial charge in [-0.3, -0.25) is 0 Å². The van der Waals surface area contributed by atoms with E-state index >= 15 is 0 Å². The molecule has 0 radical (unpaired) electrons. The van der Waals surface area contributed by atoms with Crippen LogP contribution in [0, 0.1) is 6.92 Å². The highest BCUT2D eigenvalue weighted by molar-refractivity contribution is 6.30. The van der Waals surface area contributed by atoms with Crippen molar-refractivity contribution in [3.63, 3.8) is 0 Å². The van der Waals surface area contributed by atoms with E-state index in [-0.39, 0.29) is 11.8 Å². The van der Waals surface area contributed by atoms with Crippen LogP contribution < -0.4 is 5.32 Å². The van der Waals surface area contributed by atoms with E-state index < -0.39 is 0 Å². The number of hydrogen-bond acceptors (Lipinski definition) is 2. The number of phenols is 1. The van der Waals surface area contributed by atoms with Crippen LogP contribution in [-0.4, -0.2) is 5.11 Å². The third kappa shape index (κ3) is 3.72. The van der Waals surface area contributed by atoms with Crippen LogP contribution in [0.25, 0.3) is 0 Å². The number of phenolic OH excluding ortho intramolecular Hbond substituents is 1. The molecule has 0 fully saturated rings. The molecule has 0 aliphatic heterocycles. The van der Waals surface area contributed by atoms with E-state index in [0.717, 1.165) is 5.56 Å². The Labute approximate surface area is 119 Å². The number of aromatic hydroxyl groups is 1. The maximum atomic E-state index is 9.76. The molecule has 2 rings (SSSR count). The summed E-state index contributed by atoms with van der Waals surface area (Å²) in [6.45, 7) is 4.76. The quantitative estimate of drug-likeness (QED) is 0.876. The van der Waals surface area contributed by atoms with Gasteiger partial charge >= 0.3 is 0 Å². The second-order valence-corrected chi connectivity index (χ2v) is 5.22. The molecule has 2 N–H and O–H groups in total. The molecule has 0 aromatic heterocycles. The standard InChI is InChI=1S/C16H18ClNO/c1-11-3-5-13(6-4-11)12(2)18-10-14-9-15(17)7-8-16(14)19/h3-9,12,18-19H,10H2,1-2H3. The van der Waals surface area contributed by atoms with Crippen LogP contribution in [0.3, 0.4) is 0 Å². The van der Waals surface area contributed by atoms with Gasteiger partial charge < -0.3 is 10.4 Å². The Morgan fingerprint density at radius 1 is 1.16 bits per heavy atom. The molecule has 3 heteroatoms. The van der Waals surface area contributed by atoms with Gasteiger partial charge in [-0.15, -0.1) is 0 Å². The molecule has 2 aromatic carbocycles. The average Bonchev–Trinajstić information content (AvgIpc) is 2.40. The van der Waals surface area contributed by atoms with Crippen molar-refractivity contribution in [2.24, 2.45) is 0 Å². The lowest BCUT2D eigenvalue weighted by Crippen LogP contribution is -2.18. The second-order valence-electron chi connectivity index (χ2n) is 4.79. The van der Waals surface area contributed by atoms with E-state index in [1.165, 1.54) is 11.1 Å². The van der Waals surface area contributed by atoms with Gasteiger partial charge in [0.15, 0.2) is 0 Å². The van der Waals surface area contributed by atoms with E-state index in [4.69, 9.17) is 11.6 Å². The van der Waals surface area contributed by atoms with Crippen molar-refractivity contribution in [3.8, 4) is 5.75 Å². The minimum Gasteiger partial charge on any atom is -0.508 e.